The van der Waals surface area contributed by atoms with E-state index >= 15 is 0 Å². The van der Waals surface area contributed by atoms with Crippen LogP contribution in [0.5, 0.6) is 0 Å². The number of fused-ring (bicyclic) bond motifs is 1. The van der Waals surface area contributed by atoms with Crippen molar-refractivity contribution in [3.8, 4) is 0 Å². The van der Waals surface area contributed by atoms with E-state index in [1.807, 2.05) is 43.7 Å². The highest BCUT2D eigenvalue weighted by atomic mass is 16.5. The summed E-state index contributed by atoms with van der Waals surface area (Å²) in [4.78, 5) is 15.9. The third-order valence-electron chi connectivity index (χ3n) is 5.03. The van der Waals surface area contributed by atoms with Gasteiger partial charge in [-0.15, -0.1) is 0 Å². The van der Waals surface area contributed by atoms with E-state index in [1.165, 1.54) is 5.56 Å². The van der Waals surface area contributed by atoms with E-state index in [1.54, 1.807) is 7.11 Å². The quantitative estimate of drug-likeness (QED) is 0.714. The molecule has 0 aliphatic heterocycles. The topological polar surface area (TPSA) is 71.9 Å². The summed E-state index contributed by atoms with van der Waals surface area (Å²) in [5.74, 6) is -0.0754. The average Bonchev–Trinajstić information content (AvgIpc) is 3.06. The highest BCUT2D eigenvalue weighted by Crippen LogP contribution is 2.22. The van der Waals surface area contributed by atoms with Crippen LogP contribution in [0.2, 0.25) is 0 Å². The van der Waals surface area contributed by atoms with Crippen LogP contribution in [0.1, 0.15) is 38.6 Å². The molecule has 0 radical (unpaired) electrons. The van der Waals surface area contributed by atoms with Gasteiger partial charge in [0.05, 0.1) is 18.8 Å². The van der Waals surface area contributed by atoms with Gasteiger partial charge in [0.15, 0.2) is 0 Å². The Hall–Kier alpha value is -2.60. The smallest absolute Gasteiger partial charge is 0.251 e. The second kappa shape index (κ2) is 7.33. The van der Waals surface area contributed by atoms with Crippen molar-refractivity contribution in [3.05, 3.63) is 52.0 Å². The van der Waals surface area contributed by atoms with E-state index in [0.717, 1.165) is 33.5 Å². The lowest BCUT2D eigenvalue weighted by molar-refractivity contribution is 0.0951. The van der Waals surface area contributed by atoms with Crippen LogP contribution in [0.3, 0.4) is 0 Å². The number of aryl methyl sites for hydroxylation is 3. The number of ether oxygens (including phenoxy) is 1. The predicted molar refractivity (Wildman–Crippen MR) is 103 cm³/mol. The number of rotatable bonds is 6. The highest BCUT2D eigenvalue weighted by molar-refractivity contribution is 5.99. The summed E-state index contributed by atoms with van der Waals surface area (Å²) < 4.78 is 7.05. The molecule has 6 nitrogen and oxygen atoms in total. The molecular formula is C20H26N4O2. The molecule has 0 saturated carbocycles. The lowest BCUT2D eigenvalue weighted by Gasteiger charge is -2.07. The summed E-state index contributed by atoms with van der Waals surface area (Å²) in [6.45, 7) is 9.89. The van der Waals surface area contributed by atoms with Crippen molar-refractivity contribution in [2.45, 2.75) is 40.8 Å². The third-order valence-corrected chi connectivity index (χ3v) is 5.03. The number of aromatic amines is 1. The van der Waals surface area contributed by atoms with Crippen LogP contribution in [0.25, 0.3) is 10.9 Å². The SMILES string of the molecule is COCCn1nc(C)c(CNC(=O)c2ccc3[nH]c(C)c(C)c3c2)c1C. The van der Waals surface area contributed by atoms with Gasteiger partial charge in [-0.2, -0.15) is 5.10 Å². The molecule has 0 saturated heterocycles. The number of aromatic nitrogens is 3. The first kappa shape index (κ1) is 18.2. The average molecular weight is 354 g/mol. The summed E-state index contributed by atoms with van der Waals surface area (Å²) in [5.41, 5.74) is 7.10. The number of H-pyrrole nitrogens is 1. The molecule has 2 heterocycles. The molecule has 0 unspecified atom stereocenters. The zero-order valence-corrected chi connectivity index (χ0v) is 16.1. The van der Waals surface area contributed by atoms with Crippen LogP contribution in [0, 0.1) is 27.7 Å². The highest BCUT2D eigenvalue weighted by Gasteiger charge is 2.14. The first-order valence-electron chi connectivity index (χ1n) is 8.81. The number of hydrogen-bond donors (Lipinski definition) is 2. The molecule has 0 fully saturated rings. The molecule has 0 atom stereocenters. The van der Waals surface area contributed by atoms with Crippen molar-refractivity contribution >= 4 is 16.8 Å². The van der Waals surface area contributed by atoms with E-state index in [4.69, 9.17) is 4.74 Å². The van der Waals surface area contributed by atoms with E-state index in [-0.39, 0.29) is 5.91 Å². The number of benzene rings is 1. The number of nitrogens with zero attached hydrogens (tertiary/aromatic N) is 2. The van der Waals surface area contributed by atoms with Gasteiger partial charge in [-0.1, -0.05) is 0 Å². The molecule has 2 aromatic heterocycles. The Labute approximate surface area is 153 Å². The van der Waals surface area contributed by atoms with Gasteiger partial charge in [-0.3, -0.25) is 9.48 Å². The minimum atomic E-state index is -0.0754. The maximum Gasteiger partial charge on any atom is 0.251 e. The van der Waals surface area contributed by atoms with Gasteiger partial charge < -0.3 is 15.0 Å². The number of methoxy groups -OCH3 is 1. The number of carbonyl (C=O) groups is 1. The molecule has 0 aliphatic rings. The Morgan fingerprint density at radius 1 is 1.27 bits per heavy atom. The molecular weight excluding hydrogens is 328 g/mol. The van der Waals surface area contributed by atoms with E-state index < -0.39 is 0 Å². The summed E-state index contributed by atoms with van der Waals surface area (Å²) in [7, 11) is 1.68. The Kier molecular flexibility index (Phi) is 5.13. The first-order chi connectivity index (χ1) is 12.4. The van der Waals surface area contributed by atoms with Gasteiger partial charge in [0.2, 0.25) is 0 Å². The monoisotopic (exact) mass is 354 g/mol. The van der Waals surface area contributed by atoms with Gasteiger partial charge in [-0.25, -0.2) is 0 Å². The molecule has 2 N–H and O–H groups in total. The van der Waals surface area contributed by atoms with Crippen molar-refractivity contribution in [1.82, 2.24) is 20.1 Å². The van der Waals surface area contributed by atoms with Gasteiger partial charge in [0.1, 0.15) is 0 Å². The maximum atomic E-state index is 12.6. The van der Waals surface area contributed by atoms with Crippen molar-refractivity contribution < 1.29 is 9.53 Å². The molecule has 0 spiro atoms. The van der Waals surface area contributed by atoms with Gasteiger partial charge in [0, 0.05) is 47.1 Å². The summed E-state index contributed by atoms with van der Waals surface area (Å²) in [6, 6.07) is 5.77. The van der Waals surface area contributed by atoms with Gasteiger partial charge >= 0.3 is 0 Å². The fourth-order valence-corrected chi connectivity index (χ4v) is 3.26. The summed E-state index contributed by atoms with van der Waals surface area (Å²) in [6.07, 6.45) is 0. The second-order valence-corrected chi connectivity index (χ2v) is 6.68. The summed E-state index contributed by atoms with van der Waals surface area (Å²) in [5, 5.41) is 8.65. The molecule has 26 heavy (non-hydrogen) atoms. The number of nitrogens with one attached hydrogen (secondary N) is 2. The number of hydrogen-bond acceptors (Lipinski definition) is 3. The summed E-state index contributed by atoms with van der Waals surface area (Å²) >= 11 is 0. The second-order valence-electron chi connectivity index (χ2n) is 6.68. The van der Waals surface area contributed by atoms with Crippen LogP contribution in [-0.4, -0.2) is 34.4 Å². The van der Waals surface area contributed by atoms with Crippen LogP contribution in [0.15, 0.2) is 18.2 Å². The standard InChI is InChI=1S/C20H26N4O2/c1-12-13(2)22-19-7-6-16(10-17(12)19)20(25)21-11-18-14(3)23-24(15(18)4)8-9-26-5/h6-7,10,22H,8-9,11H2,1-5H3,(H,21,25). The van der Waals surface area contributed by atoms with E-state index in [9.17, 15) is 4.79 Å². The van der Waals surface area contributed by atoms with Crippen molar-refractivity contribution in [2.75, 3.05) is 13.7 Å². The predicted octanol–water partition coefficient (Wildman–Crippen LogP) is 3.17. The normalized spacial score (nSPS) is 11.3. The van der Waals surface area contributed by atoms with E-state index in [2.05, 4.69) is 22.3 Å². The minimum absolute atomic E-state index is 0.0754. The molecule has 0 aliphatic carbocycles. The molecule has 3 rings (SSSR count). The maximum absolute atomic E-state index is 12.6. The zero-order chi connectivity index (χ0) is 18.8. The Balaban J connectivity index is 1.75. The number of carbonyl (C=O) groups excluding carboxylic acids is 1. The van der Waals surface area contributed by atoms with Crippen molar-refractivity contribution in [1.29, 1.82) is 0 Å². The van der Waals surface area contributed by atoms with Crippen LogP contribution >= 0.6 is 0 Å². The molecule has 138 valence electrons. The van der Waals surface area contributed by atoms with Gasteiger partial charge in [-0.05, 0) is 51.5 Å². The minimum Gasteiger partial charge on any atom is -0.383 e. The van der Waals surface area contributed by atoms with E-state index in [0.29, 0.717) is 25.3 Å². The Morgan fingerprint density at radius 2 is 2.04 bits per heavy atom. The van der Waals surface area contributed by atoms with Crippen LogP contribution < -0.4 is 5.32 Å². The Morgan fingerprint density at radius 3 is 2.77 bits per heavy atom. The van der Waals surface area contributed by atoms with Gasteiger partial charge in [0.25, 0.3) is 5.91 Å². The van der Waals surface area contributed by atoms with Crippen LogP contribution in [-0.2, 0) is 17.8 Å². The largest absolute Gasteiger partial charge is 0.383 e. The molecule has 1 amide bonds. The lowest BCUT2D eigenvalue weighted by atomic mass is 10.1. The van der Waals surface area contributed by atoms with Crippen molar-refractivity contribution in [2.24, 2.45) is 0 Å². The van der Waals surface area contributed by atoms with Crippen molar-refractivity contribution in [3.63, 3.8) is 0 Å². The van der Waals surface area contributed by atoms with Crippen LogP contribution in [0.4, 0.5) is 0 Å². The lowest BCUT2D eigenvalue weighted by Crippen LogP contribution is -2.23. The fraction of sp³-hybridized carbons (Fsp3) is 0.400. The third kappa shape index (κ3) is 3.37. The zero-order valence-electron chi connectivity index (χ0n) is 16.1. The molecule has 0 bridgehead atoms. The molecule has 3 aromatic rings. The first-order valence-corrected chi connectivity index (χ1v) is 8.81. The number of amides is 1. The molecule has 1 aromatic carbocycles. The Bertz CT molecular complexity index is 953. The molecule has 6 heteroatoms. The fourth-order valence-electron chi connectivity index (χ4n) is 3.26.